The van der Waals surface area contributed by atoms with Crippen molar-refractivity contribution >= 4 is 44.4 Å². The molecule has 0 bridgehead atoms. The average molecular weight is 421 g/mol. The number of amides is 1. The highest BCUT2D eigenvalue weighted by atomic mass is 79.9. The summed E-state index contributed by atoms with van der Waals surface area (Å²) < 4.78 is 6.41. The number of anilines is 1. The zero-order chi connectivity index (χ0) is 19.2. The van der Waals surface area contributed by atoms with Gasteiger partial charge < -0.3 is 10.1 Å². The van der Waals surface area contributed by atoms with Gasteiger partial charge in [0.15, 0.2) is 0 Å². The van der Waals surface area contributed by atoms with Crippen molar-refractivity contribution < 1.29 is 9.53 Å². The van der Waals surface area contributed by atoms with Crippen LogP contribution in [0.4, 0.5) is 5.69 Å². The Labute approximate surface area is 166 Å². The van der Waals surface area contributed by atoms with Crippen LogP contribution in [0.25, 0.3) is 16.8 Å². The van der Waals surface area contributed by atoms with Gasteiger partial charge in [-0.25, -0.2) is 0 Å². The summed E-state index contributed by atoms with van der Waals surface area (Å²) in [6.07, 6.45) is 1.53. The largest absolute Gasteiger partial charge is 0.493 e. The van der Waals surface area contributed by atoms with E-state index in [0.717, 1.165) is 15.2 Å². The molecule has 3 rings (SSSR count). The van der Waals surface area contributed by atoms with Crippen LogP contribution in [-0.4, -0.2) is 12.5 Å². The molecule has 0 spiro atoms. The SMILES string of the molecule is CCOc1ccc(Br)cc1/C=C(\C#N)C(=O)Nc1ccc2ccccc2c1. The van der Waals surface area contributed by atoms with E-state index in [1.54, 1.807) is 6.07 Å². The summed E-state index contributed by atoms with van der Waals surface area (Å²) in [6.45, 7) is 2.38. The molecule has 1 amide bonds. The van der Waals surface area contributed by atoms with Crippen molar-refractivity contribution in [3.8, 4) is 11.8 Å². The third kappa shape index (κ3) is 4.55. The van der Waals surface area contributed by atoms with Gasteiger partial charge in [0.05, 0.1) is 6.61 Å². The van der Waals surface area contributed by atoms with Crippen LogP contribution in [0, 0.1) is 11.3 Å². The van der Waals surface area contributed by atoms with Crippen LogP contribution in [0.5, 0.6) is 5.75 Å². The van der Waals surface area contributed by atoms with E-state index in [1.165, 1.54) is 6.08 Å². The van der Waals surface area contributed by atoms with Crippen molar-refractivity contribution in [2.75, 3.05) is 11.9 Å². The van der Waals surface area contributed by atoms with Crippen LogP contribution in [-0.2, 0) is 4.79 Å². The molecule has 1 N–H and O–H groups in total. The number of carbonyl (C=O) groups is 1. The topological polar surface area (TPSA) is 62.1 Å². The molecule has 4 nitrogen and oxygen atoms in total. The molecule has 0 saturated carbocycles. The van der Waals surface area contributed by atoms with E-state index in [2.05, 4.69) is 21.2 Å². The quantitative estimate of drug-likeness (QED) is 0.434. The third-order valence-electron chi connectivity index (χ3n) is 3.94. The fraction of sp³-hybridized carbons (Fsp3) is 0.0909. The van der Waals surface area contributed by atoms with E-state index in [4.69, 9.17) is 4.74 Å². The average Bonchev–Trinajstić information content (AvgIpc) is 2.68. The lowest BCUT2D eigenvalue weighted by Crippen LogP contribution is -2.13. The highest BCUT2D eigenvalue weighted by molar-refractivity contribution is 9.10. The molecule has 0 atom stereocenters. The van der Waals surface area contributed by atoms with Crippen LogP contribution in [0.1, 0.15) is 12.5 Å². The predicted molar refractivity (Wildman–Crippen MR) is 111 cm³/mol. The van der Waals surface area contributed by atoms with Crippen molar-refractivity contribution in [2.24, 2.45) is 0 Å². The summed E-state index contributed by atoms with van der Waals surface area (Å²) in [5.74, 6) is 0.155. The molecule has 3 aromatic carbocycles. The van der Waals surface area contributed by atoms with Crippen LogP contribution in [0.15, 0.2) is 70.7 Å². The van der Waals surface area contributed by atoms with Gasteiger partial charge in [0.1, 0.15) is 17.4 Å². The number of hydrogen-bond acceptors (Lipinski definition) is 3. The maximum absolute atomic E-state index is 12.6. The molecule has 3 aromatic rings. The number of benzene rings is 3. The molecular formula is C22H17BrN2O2. The Morgan fingerprint density at radius 3 is 2.67 bits per heavy atom. The second-order valence-corrected chi connectivity index (χ2v) is 6.72. The first-order valence-electron chi connectivity index (χ1n) is 8.45. The van der Waals surface area contributed by atoms with Gasteiger partial charge in [-0.15, -0.1) is 0 Å². The zero-order valence-electron chi connectivity index (χ0n) is 14.7. The van der Waals surface area contributed by atoms with Gasteiger partial charge >= 0.3 is 0 Å². The standard InChI is InChI=1S/C22H17BrN2O2/c1-2-27-21-10-8-19(23)12-17(21)11-18(14-24)22(26)25-20-9-7-15-5-3-4-6-16(15)13-20/h3-13H,2H2,1H3,(H,25,26)/b18-11+. The van der Waals surface area contributed by atoms with Gasteiger partial charge in [-0.05, 0) is 54.1 Å². The molecule has 0 unspecified atom stereocenters. The molecule has 5 heteroatoms. The number of ether oxygens (including phenoxy) is 1. The number of nitrogens with one attached hydrogen (secondary N) is 1. The van der Waals surface area contributed by atoms with Gasteiger partial charge in [0, 0.05) is 15.7 Å². The smallest absolute Gasteiger partial charge is 0.266 e. The van der Waals surface area contributed by atoms with Crippen molar-refractivity contribution in [3.05, 3.63) is 76.3 Å². The van der Waals surface area contributed by atoms with E-state index in [1.807, 2.05) is 67.6 Å². The summed E-state index contributed by atoms with van der Waals surface area (Å²) in [5.41, 5.74) is 1.30. The van der Waals surface area contributed by atoms with Crippen molar-refractivity contribution in [2.45, 2.75) is 6.92 Å². The fourth-order valence-corrected chi connectivity index (χ4v) is 3.07. The Balaban J connectivity index is 1.88. The summed E-state index contributed by atoms with van der Waals surface area (Å²) in [7, 11) is 0. The van der Waals surface area contributed by atoms with Crippen molar-refractivity contribution in [1.29, 1.82) is 5.26 Å². The van der Waals surface area contributed by atoms with E-state index in [0.29, 0.717) is 23.6 Å². The van der Waals surface area contributed by atoms with Gasteiger partial charge in [-0.3, -0.25) is 4.79 Å². The number of fused-ring (bicyclic) bond motifs is 1. The molecule has 0 aliphatic carbocycles. The lowest BCUT2D eigenvalue weighted by molar-refractivity contribution is -0.112. The van der Waals surface area contributed by atoms with Crippen molar-refractivity contribution in [1.82, 2.24) is 0 Å². The first-order chi connectivity index (χ1) is 13.1. The molecule has 27 heavy (non-hydrogen) atoms. The second-order valence-electron chi connectivity index (χ2n) is 5.80. The first-order valence-corrected chi connectivity index (χ1v) is 9.24. The molecule has 0 aliphatic rings. The molecule has 134 valence electrons. The maximum Gasteiger partial charge on any atom is 0.266 e. The highest BCUT2D eigenvalue weighted by Gasteiger charge is 2.12. The summed E-state index contributed by atoms with van der Waals surface area (Å²) in [4.78, 5) is 12.6. The minimum atomic E-state index is -0.463. The van der Waals surface area contributed by atoms with Crippen molar-refractivity contribution in [3.63, 3.8) is 0 Å². The van der Waals surface area contributed by atoms with Gasteiger partial charge in [0.25, 0.3) is 5.91 Å². The number of nitriles is 1. The Morgan fingerprint density at radius 2 is 1.93 bits per heavy atom. The second kappa shape index (κ2) is 8.52. The van der Waals surface area contributed by atoms with E-state index < -0.39 is 5.91 Å². The van der Waals surface area contributed by atoms with Gasteiger partial charge in [-0.2, -0.15) is 5.26 Å². The van der Waals surface area contributed by atoms with Crippen LogP contribution >= 0.6 is 15.9 Å². The van der Waals surface area contributed by atoms with Gasteiger partial charge in [-0.1, -0.05) is 46.3 Å². The zero-order valence-corrected chi connectivity index (χ0v) is 16.3. The summed E-state index contributed by atoms with van der Waals surface area (Å²) in [5, 5.41) is 14.4. The summed E-state index contributed by atoms with van der Waals surface area (Å²) in [6, 6.07) is 21.0. The summed E-state index contributed by atoms with van der Waals surface area (Å²) >= 11 is 3.40. The molecule has 0 fully saturated rings. The lowest BCUT2D eigenvalue weighted by atomic mass is 10.1. The normalized spacial score (nSPS) is 11.1. The molecular weight excluding hydrogens is 404 g/mol. The van der Waals surface area contributed by atoms with Crippen LogP contribution < -0.4 is 10.1 Å². The molecule has 0 saturated heterocycles. The Hall–Kier alpha value is -3.10. The maximum atomic E-state index is 12.6. The fourth-order valence-electron chi connectivity index (χ4n) is 2.69. The van der Waals surface area contributed by atoms with E-state index in [-0.39, 0.29) is 5.57 Å². The molecule has 0 aliphatic heterocycles. The minimum Gasteiger partial charge on any atom is -0.493 e. The lowest BCUT2D eigenvalue weighted by Gasteiger charge is -2.09. The predicted octanol–water partition coefficient (Wildman–Crippen LogP) is 5.55. The molecule has 0 radical (unpaired) electrons. The Morgan fingerprint density at radius 1 is 1.15 bits per heavy atom. The number of carbonyl (C=O) groups excluding carboxylic acids is 1. The number of hydrogen-bond donors (Lipinski definition) is 1. The Bertz CT molecular complexity index is 1070. The number of halogens is 1. The molecule has 0 heterocycles. The van der Waals surface area contributed by atoms with E-state index in [9.17, 15) is 10.1 Å². The molecule has 0 aromatic heterocycles. The third-order valence-corrected chi connectivity index (χ3v) is 4.44. The number of rotatable bonds is 5. The number of nitrogens with zero attached hydrogens (tertiary/aromatic N) is 1. The van der Waals surface area contributed by atoms with Crippen LogP contribution in [0.2, 0.25) is 0 Å². The Kier molecular flexibility index (Phi) is 5.90. The minimum absolute atomic E-state index is 0.00205. The first kappa shape index (κ1) is 18.7. The van der Waals surface area contributed by atoms with E-state index >= 15 is 0 Å². The highest BCUT2D eigenvalue weighted by Crippen LogP contribution is 2.26. The van der Waals surface area contributed by atoms with Gasteiger partial charge in [0.2, 0.25) is 0 Å². The monoisotopic (exact) mass is 420 g/mol. The van der Waals surface area contributed by atoms with Crippen LogP contribution in [0.3, 0.4) is 0 Å².